The predicted octanol–water partition coefficient (Wildman–Crippen LogP) is 5.10. The van der Waals surface area contributed by atoms with Gasteiger partial charge in [0.15, 0.2) is 9.84 Å². The van der Waals surface area contributed by atoms with Gasteiger partial charge in [0.1, 0.15) is 16.6 Å². The van der Waals surface area contributed by atoms with E-state index >= 15 is 0 Å². The highest BCUT2D eigenvalue weighted by molar-refractivity contribution is 7.95. The molecule has 34 heavy (non-hydrogen) atoms. The number of anilines is 1. The van der Waals surface area contributed by atoms with Crippen LogP contribution in [-0.4, -0.2) is 39.3 Å². The number of azo groups is 1. The van der Waals surface area contributed by atoms with Crippen LogP contribution in [0.5, 0.6) is 0 Å². The number of hydrogen-bond donors (Lipinski definition) is 0. The summed E-state index contributed by atoms with van der Waals surface area (Å²) in [5.74, 6) is -0.370. The average molecular weight is 479 g/mol. The first-order valence-corrected chi connectivity index (χ1v) is 12.5. The highest BCUT2D eigenvalue weighted by Gasteiger charge is 2.37. The molecular weight excluding hydrogens is 452 g/mol. The minimum absolute atomic E-state index is 0.297. The summed E-state index contributed by atoms with van der Waals surface area (Å²) in [6.07, 6.45) is 3.05. The van der Waals surface area contributed by atoms with Gasteiger partial charge in [-0.1, -0.05) is 18.7 Å². The molecule has 176 valence electrons. The van der Waals surface area contributed by atoms with Gasteiger partial charge in [-0.25, -0.2) is 13.2 Å². The number of nitrogens with zero attached hydrogens (tertiary/aromatic N) is 4. The molecule has 9 heteroatoms. The number of benzene rings is 2. The van der Waals surface area contributed by atoms with E-state index < -0.39 is 15.4 Å². The predicted molar refractivity (Wildman–Crippen MR) is 132 cm³/mol. The Bertz CT molecular complexity index is 1290. The molecule has 0 unspecified atom stereocenters. The molecule has 0 bridgehead atoms. The molecular formula is C25H26N4O4S. The number of esters is 1. The third kappa shape index (κ3) is 6.39. The Morgan fingerprint density at radius 1 is 1.15 bits per heavy atom. The van der Waals surface area contributed by atoms with Crippen LogP contribution in [0, 0.1) is 11.3 Å². The van der Waals surface area contributed by atoms with E-state index in [1.165, 1.54) is 6.08 Å². The molecule has 0 aromatic heterocycles. The van der Waals surface area contributed by atoms with Crippen molar-refractivity contribution >= 4 is 38.9 Å². The van der Waals surface area contributed by atoms with E-state index in [1.807, 2.05) is 31.2 Å². The summed E-state index contributed by atoms with van der Waals surface area (Å²) in [5, 5.41) is 17.4. The molecule has 1 aliphatic heterocycles. The van der Waals surface area contributed by atoms with Crippen molar-refractivity contribution in [2.45, 2.75) is 25.9 Å². The average Bonchev–Trinajstić information content (AvgIpc) is 3.17. The second kappa shape index (κ2) is 10.0. The largest absolute Gasteiger partial charge is 0.454 e. The highest BCUT2D eigenvalue weighted by atomic mass is 32.2. The van der Waals surface area contributed by atoms with Crippen molar-refractivity contribution in [2.24, 2.45) is 10.2 Å². The Morgan fingerprint density at radius 2 is 1.71 bits per heavy atom. The summed E-state index contributed by atoms with van der Waals surface area (Å²) in [5.41, 5.74) is 2.69. The van der Waals surface area contributed by atoms with Crippen LogP contribution in [0.15, 0.2) is 75.8 Å². The molecule has 0 N–H and O–H groups in total. The first-order valence-electron chi connectivity index (χ1n) is 10.6. The fourth-order valence-electron chi connectivity index (χ4n) is 3.40. The van der Waals surface area contributed by atoms with Gasteiger partial charge in [-0.3, -0.25) is 0 Å². The van der Waals surface area contributed by atoms with Gasteiger partial charge < -0.3 is 9.64 Å². The molecule has 1 aliphatic rings. The van der Waals surface area contributed by atoms with Crippen molar-refractivity contribution < 1.29 is 17.9 Å². The van der Waals surface area contributed by atoms with E-state index in [9.17, 15) is 13.2 Å². The van der Waals surface area contributed by atoms with E-state index in [1.54, 1.807) is 37.3 Å². The maximum atomic E-state index is 11.9. The smallest absolute Gasteiger partial charge is 0.333 e. The summed E-state index contributed by atoms with van der Waals surface area (Å²) in [6, 6.07) is 16.0. The van der Waals surface area contributed by atoms with Crippen molar-refractivity contribution in [1.82, 2.24) is 0 Å². The van der Waals surface area contributed by atoms with Gasteiger partial charge in [0.25, 0.3) is 0 Å². The van der Waals surface area contributed by atoms with Crippen molar-refractivity contribution in [2.75, 3.05) is 24.2 Å². The third-order valence-electron chi connectivity index (χ3n) is 5.32. The van der Waals surface area contributed by atoms with Gasteiger partial charge >= 0.3 is 5.97 Å². The lowest BCUT2D eigenvalue weighted by Gasteiger charge is -2.26. The summed E-state index contributed by atoms with van der Waals surface area (Å²) in [6.45, 7) is 8.58. The number of nitriles is 1. The van der Waals surface area contributed by atoms with E-state index in [4.69, 9.17) is 10.00 Å². The maximum absolute atomic E-state index is 11.9. The maximum Gasteiger partial charge on any atom is 0.333 e. The van der Waals surface area contributed by atoms with Crippen molar-refractivity contribution in [3.63, 3.8) is 0 Å². The molecule has 0 aliphatic carbocycles. The van der Waals surface area contributed by atoms with Crippen molar-refractivity contribution in [1.29, 1.82) is 5.26 Å². The minimum Gasteiger partial charge on any atom is -0.454 e. The van der Waals surface area contributed by atoms with Gasteiger partial charge in [-0.2, -0.15) is 15.5 Å². The quantitative estimate of drug-likeness (QED) is 0.237. The van der Waals surface area contributed by atoms with Crippen molar-refractivity contribution in [3.8, 4) is 6.07 Å². The van der Waals surface area contributed by atoms with E-state index in [0.717, 1.165) is 24.9 Å². The molecule has 0 amide bonds. The molecule has 0 saturated carbocycles. The van der Waals surface area contributed by atoms with Crippen LogP contribution < -0.4 is 4.90 Å². The first kappa shape index (κ1) is 24.9. The SMILES string of the molecule is C=C(C)C(=O)O[C@@]1(C)CCN(c2ccc(N=Nc3ccc(/C=C(/C#N)S(C)(=O)=O)cc3)cc2)C1. The lowest BCUT2D eigenvalue weighted by Crippen LogP contribution is -2.35. The fraction of sp³-hybridized carbons (Fsp3) is 0.280. The van der Waals surface area contributed by atoms with E-state index in [2.05, 4.69) is 21.7 Å². The Morgan fingerprint density at radius 3 is 2.21 bits per heavy atom. The van der Waals surface area contributed by atoms with Crippen LogP contribution in [0.25, 0.3) is 6.08 Å². The second-order valence-electron chi connectivity index (χ2n) is 8.49. The van der Waals surface area contributed by atoms with Gasteiger partial charge in [-0.15, -0.1) is 0 Å². The number of rotatable bonds is 7. The number of sulfone groups is 1. The molecule has 8 nitrogen and oxygen atoms in total. The zero-order valence-corrected chi connectivity index (χ0v) is 20.2. The van der Waals surface area contributed by atoms with Crippen LogP contribution in [0.3, 0.4) is 0 Å². The number of allylic oxidation sites excluding steroid dienone is 1. The standard InChI is InChI=1S/C25H26N4O4S/c1-18(2)24(30)33-25(3)13-14-29(17-25)22-11-9-21(10-12-22)28-27-20-7-5-19(6-8-20)15-23(16-26)34(4,31)32/h5-12,15H,1,13-14,17H2,2-4H3/b23-15-,28-27?/t25-/m0/s1. The molecule has 3 rings (SSSR count). The number of carbonyl (C=O) groups excluding carboxylic acids is 1. The van der Waals surface area contributed by atoms with Gasteiger partial charge in [0, 0.05) is 30.5 Å². The Balaban J connectivity index is 1.63. The topological polar surface area (TPSA) is 112 Å². The van der Waals surface area contributed by atoms with Crippen LogP contribution in [0.1, 0.15) is 25.8 Å². The molecule has 1 fully saturated rings. The lowest BCUT2D eigenvalue weighted by molar-refractivity contribution is -0.151. The Kier molecular flexibility index (Phi) is 7.32. The second-order valence-corrected chi connectivity index (χ2v) is 10.5. The van der Waals surface area contributed by atoms with Crippen LogP contribution >= 0.6 is 0 Å². The zero-order chi connectivity index (χ0) is 24.9. The van der Waals surface area contributed by atoms with Gasteiger partial charge in [-0.05, 0) is 61.9 Å². The Hall–Kier alpha value is -3.77. The minimum atomic E-state index is -3.57. The lowest BCUT2D eigenvalue weighted by atomic mass is 10.1. The fourth-order valence-corrected chi connectivity index (χ4v) is 3.92. The molecule has 1 saturated heterocycles. The molecule has 1 heterocycles. The normalized spacial score (nSPS) is 18.6. The highest BCUT2D eigenvalue weighted by Crippen LogP contribution is 2.31. The first-order chi connectivity index (χ1) is 16.0. The number of hydrogen-bond acceptors (Lipinski definition) is 8. The molecule has 0 spiro atoms. The van der Waals surface area contributed by atoms with Crippen LogP contribution in [0.2, 0.25) is 0 Å². The van der Waals surface area contributed by atoms with Gasteiger partial charge in [0.05, 0.1) is 17.9 Å². The van der Waals surface area contributed by atoms with E-state index in [-0.39, 0.29) is 10.9 Å². The molecule has 1 atom stereocenters. The summed E-state index contributed by atoms with van der Waals surface area (Å²) in [7, 11) is -3.57. The molecule has 2 aromatic rings. The summed E-state index contributed by atoms with van der Waals surface area (Å²) < 4.78 is 28.7. The van der Waals surface area contributed by atoms with Crippen molar-refractivity contribution in [3.05, 3.63) is 71.2 Å². The number of ether oxygens (including phenoxy) is 1. The molecule has 0 radical (unpaired) electrons. The Labute approximate surface area is 199 Å². The van der Waals surface area contributed by atoms with Crippen LogP contribution in [0.4, 0.5) is 17.1 Å². The number of carbonyl (C=O) groups is 1. The monoisotopic (exact) mass is 478 g/mol. The zero-order valence-electron chi connectivity index (χ0n) is 19.4. The van der Waals surface area contributed by atoms with Gasteiger partial charge in [0.2, 0.25) is 0 Å². The molecule has 2 aromatic carbocycles. The van der Waals surface area contributed by atoms with Crippen LogP contribution in [-0.2, 0) is 19.4 Å². The van der Waals surface area contributed by atoms with E-state index in [0.29, 0.717) is 29.1 Å². The third-order valence-corrected chi connectivity index (χ3v) is 6.33. The summed E-state index contributed by atoms with van der Waals surface area (Å²) >= 11 is 0. The summed E-state index contributed by atoms with van der Waals surface area (Å²) in [4.78, 5) is 13.8.